The van der Waals surface area contributed by atoms with Crippen molar-refractivity contribution in [3.05, 3.63) is 78.2 Å². The minimum absolute atomic E-state index is 0.160. The van der Waals surface area contributed by atoms with E-state index in [0.717, 1.165) is 40.6 Å². The number of fused-ring (bicyclic) bond motifs is 1. The first-order valence-corrected chi connectivity index (χ1v) is 11.5. The zero-order valence-electron chi connectivity index (χ0n) is 20.0. The predicted octanol–water partition coefficient (Wildman–Crippen LogP) is 5.75. The Morgan fingerprint density at radius 1 is 1.00 bits per heavy atom. The number of imidazole rings is 1. The third kappa shape index (κ3) is 5.47. The van der Waals surface area contributed by atoms with Crippen molar-refractivity contribution >= 4 is 28.5 Å². The molecule has 190 valence electrons. The molecule has 0 aliphatic carbocycles. The Labute approximate surface area is 210 Å². The highest BCUT2D eigenvalue weighted by Gasteiger charge is 2.31. The number of alkyl halides is 3. The highest BCUT2D eigenvalue weighted by Crippen LogP contribution is 2.29. The molecule has 5 aromatic rings. The fraction of sp³-hybridized carbons (Fsp3) is 0.200. The van der Waals surface area contributed by atoms with Crippen LogP contribution in [0.3, 0.4) is 0 Å². The summed E-state index contributed by atoms with van der Waals surface area (Å²) in [5, 5.41) is 11.0. The fourth-order valence-electron chi connectivity index (χ4n) is 3.76. The Bertz CT molecular complexity index is 1510. The molecule has 3 heterocycles. The molecule has 2 aromatic carbocycles. The van der Waals surface area contributed by atoms with Crippen LogP contribution in [0.4, 0.5) is 30.6 Å². The molecule has 0 spiro atoms. The minimum Gasteiger partial charge on any atom is -0.424 e. The molecule has 12 heteroatoms. The molecule has 0 amide bonds. The van der Waals surface area contributed by atoms with E-state index in [1.54, 1.807) is 16.8 Å². The van der Waals surface area contributed by atoms with Gasteiger partial charge in [0.05, 0.1) is 16.6 Å². The first-order valence-electron chi connectivity index (χ1n) is 11.5. The quantitative estimate of drug-likeness (QED) is 0.276. The maximum atomic E-state index is 12.7. The Balaban J connectivity index is 1.25. The summed E-state index contributed by atoms with van der Waals surface area (Å²) in [5.74, 6) is 1.92. The van der Waals surface area contributed by atoms with Crippen LogP contribution in [0.2, 0.25) is 0 Å². The van der Waals surface area contributed by atoms with Crippen molar-refractivity contribution in [2.75, 3.05) is 10.6 Å². The summed E-state index contributed by atoms with van der Waals surface area (Å²) < 4.78 is 47.3. The number of nitrogens with one attached hydrogen (secondary N) is 2. The molecule has 0 bridgehead atoms. The maximum absolute atomic E-state index is 12.7. The van der Waals surface area contributed by atoms with E-state index in [2.05, 4.69) is 37.2 Å². The second-order valence-electron chi connectivity index (χ2n) is 8.23. The Morgan fingerprint density at radius 3 is 2.41 bits per heavy atom. The number of aryl methyl sites for hydroxylation is 2. The average molecular weight is 509 g/mol. The van der Waals surface area contributed by atoms with Crippen molar-refractivity contribution in [2.24, 2.45) is 7.05 Å². The first kappa shape index (κ1) is 24.1. The van der Waals surface area contributed by atoms with Crippen LogP contribution in [-0.2, 0) is 26.3 Å². The number of aromatic nitrogens is 6. The first-order chi connectivity index (χ1) is 17.8. The number of anilines is 3. The van der Waals surface area contributed by atoms with Gasteiger partial charge in [-0.15, -0.1) is 0 Å². The standard InChI is InChI=1S/C25H23F3N8O/c1-3-36-21-12-18(32-22-10-11-35(2)34-22)6-9-20(21)33-23(36)29-13-16-4-7-19(8-5-16)37-24-30-14-17(15-31-24)25(26,27)28/h4-12,14-15H,3,13H2,1-2H3,(H,29,33)(H,32,34). The molecule has 0 aliphatic rings. The lowest BCUT2D eigenvalue weighted by Crippen LogP contribution is -2.07. The van der Waals surface area contributed by atoms with Crippen LogP contribution in [0, 0.1) is 0 Å². The minimum atomic E-state index is -4.50. The van der Waals surface area contributed by atoms with Crippen molar-refractivity contribution in [2.45, 2.75) is 26.2 Å². The number of nitrogens with zero attached hydrogens (tertiary/aromatic N) is 6. The lowest BCUT2D eigenvalue weighted by atomic mass is 10.2. The number of ether oxygens (including phenoxy) is 1. The molecule has 0 saturated carbocycles. The average Bonchev–Trinajstić information content (AvgIpc) is 3.45. The molecule has 3 aromatic heterocycles. The van der Waals surface area contributed by atoms with Gasteiger partial charge in [-0.3, -0.25) is 4.68 Å². The predicted molar refractivity (Wildman–Crippen MR) is 133 cm³/mol. The van der Waals surface area contributed by atoms with Crippen molar-refractivity contribution < 1.29 is 17.9 Å². The van der Waals surface area contributed by atoms with Crippen LogP contribution in [0.1, 0.15) is 18.1 Å². The second-order valence-corrected chi connectivity index (χ2v) is 8.23. The number of hydrogen-bond acceptors (Lipinski definition) is 7. The van der Waals surface area contributed by atoms with Gasteiger partial charge in [0.1, 0.15) is 5.75 Å². The highest BCUT2D eigenvalue weighted by atomic mass is 19.4. The van der Waals surface area contributed by atoms with E-state index in [1.165, 1.54) is 0 Å². The van der Waals surface area contributed by atoms with Crippen LogP contribution < -0.4 is 15.4 Å². The summed E-state index contributed by atoms with van der Waals surface area (Å²) in [7, 11) is 1.87. The molecule has 9 nitrogen and oxygen atoms in total. The second kappa shape index (κ2) is 9.80. The van der Waals surface area contributed by atoms with Gasteiger partial charge >= 0.3 is 12.2 Å². The zero-order chi connectivity index (χ0) is 26.0. The van der Waals surface area contributed by atoms with Crippen molar-refractivity contribution in [1.82, 2.24) is 29.3 Å². The molecule has 2 N–H and O–H groups in total. The van der Waals surface area contributed by atoms with E-state index in [9.17, 15) is 13.2 Å². The zero-order valence-corrected chi connectivity index (χ0v) is 20.0. The monoisotopic (exact) mass is 508 g/mol. The van der Waals surface area contributed by atoms with Gasteiger partial charge in [-0.05, 0) is 42.8 Å². The topological polar surface area (TPSA) is 94.7 Å². The number of rotatable bonds is 8. The largest absolute Gasteiger partial charge is 0.424 e. The molecule has 0 fully saturated rings. The van der Waals surface area contributed by atoms with E-state index in [0.29, 0.717) is 24.7 Å². The summed E-state index contributed by atoms with van der Waals surface area (Å²) in [4.78, 5) is 12.0. The SMILES string of the molecule is CCn1c(NCc2ccc(Oc3ncc(C(F)(F)F)cn3)cc2)nc2ccc(Nc3ccn(C)n3)cc21. The van der Waals surface area contributed by atoms with Crippen molar-refractivity contribution in [1.29, 1.82) is 0 Å². The van der Waals surface area contributed by atoms with Gasteiger partial charge in [0.25, 0.3) is 0 Å². The molecule has 0 unspecified atom stereocenters. The molecular formula is C25H23F3N8O. The van der Waals surface area contributed by atoms with Gasteiger partial charge < -0.3 is 19.9 Å². The van der Waals surface area contributed by atoms with Crippen LogP contribution in [0.15, 0.2) is 67.1 Å². The Hall–Kier alpha value is -4.61. The van der Waals surface area contributed by atoms with E-state index in [4.69, 9.17) is 9.72 Å². The third-order valence-corrected chi connectivity index (χ3v) is 5.59. The number of halogens is 3. The summed E-state index contributed by atoms with van der Waals surface area (Å²) in [6, 6.07) is 14.8. The van der Waals surface area contributed by atoms with Crippen molar-refractivity contribution in [3.63, 3.8) is 0 Å². The summed E-state index contributed by atoms with van der Waals surface area (Å²) in [5.41, 5.74) is 2.82. The number of benzene rings is 2. The number of hydrogen-bond donors (Lipinski definition) is 2. The summed E-state index contributed by atoms with van der Waals surface area (Å²) in [6.07, 6.45) is -1.24. The van der Waals surface area contributed by atoms with Gasteiger partial charge in [-0.1, -0.05) is 12.1 Å². The van der Waals surface area contributed by atoms with E-state index < -0.39 is 11.7 Å². The van der Waals surface area contributed by atoms with Gasteiger partial charge in [0.15, 0.2) is 5.82 Å². The van der Waals surface area contributed by atoms with Crippen LogP contribution >= 0.6 is 0 Å². The molecule has 0 atom stereocenters. The van der Waals surface area contributed by atoms with Crippen molar-refractivity contribution in [3.8, 4) is 11.8 Å². The Morgan fingerprint density at radius 2 is 1.76 bits per heavy atom. The molecule has 37 heavy (non-hydrogen) atoms. The summed E-state index contributed by atoms with van der Waals surface area (Å²) in [6.45, 7) is 3.30. The maximum Gasteiger partial charge on any atom is 0.419 e. The van der Waals surface area contributed by atoms with Crippen LogP contribution in [0.25, 0.3) is 11.0 Å². The molecule has 0 saturated heterocycles. The van der Waals surface area contributed by atoms with E-state index in [1.807, 2.05) is 49.6 Å². The highest BCUT2D eigenvalue weighted by molar-refractivity contribution is 5.83. The third-order valence-electron chi connectivity index (χ3n) is 5.59. The Kier molecular flexibility index (Phi) is 6.38. The lowest BCUT2D eigenvalue weighted by molar-refractivity contribution is -0.138. The molecule has 5 rings (SSSR count). The van der Waals surface area contributed by atoms with Crippen LogP contribution in [0.5, 0.6) is 11.8 Å². The van der Waals surface area contributed by atoms with Gasteiger partial charge in [-0.2, -0.15) is 18.3 Å². The normalized spacial score (nSPS) is 11.6. The van der Waals surface area contributed by atoms with Gasteiger partial charge in [0, 0.05) is 50.5 Å². The van der Waals surface area contributed by atoms with Gasteiger partial charge in [-0.25, -0.2) is 15.0 Å². The van der Waals surface area contributed by atoms with Gasteiger partial charge in [0.2, 0.25) is 5.95 Å². The summed E-state index contributed by atoms with van der Waals surface area (Å²) >= 11 is 0. The van der Waals surface area contributed by atoms with E-state index >= 15 is 0 Å². The fourth-order valence-corrected chi connectivity index (χ4v) is 3.76. The van der Waals surface area contributed by atoms with E-state index in [-0.39, 0.29) is 6.01 Å². The molecule has 0 aliphatic heterocycles. The smallest absolute Gasteiger partial charge is 0.419 e. The van der Waals surface area contributed by atoms with Crippen LogP contribution in [-0.4, -0.2) is 29.3 Å². The lowest BCUT2D eigenvalue weighted by Gasteiger charge is -2.10. The molecular weight excluding hydrogens is 485 g/mol. The molecule has 0 radical (unpaired) electrons.